The molecule has 10 heteroatoms. The highest BCUT2D eigenvalue weighted by atomic mass is 19.1. The van der Waals surface area contributed by atoms with Crippen molar-refractivity contribution in [2.24, 2.45) is 5.92 Å². The van der Waals surface area contributed by atoms with Gasteiger partial charge in [-0.25, -0.2) is 4.39 Å². The number of nitro groups is 1. The summed E-state index contributed by atoms with van der Waals surface area (Å²) in [6.07, 6.45) is 4.66. The molecule has 0 N–H and O–H groups in total. The van der Waals surface area contributed by atoms with Crippen LogP contribution in [0.15, 0.2) is 12.1 Å². The molecule has 1 fully saturated rings. The van der Waals surface area contributed by atoms with Crippen LogP contribution in [0, 0.1) is 21.8 Å². The zero-order valence-corrected chi connectivity index (χ0v) is 18.4. The van der Waals surface area contributed by atoms with Crippen molar-refractivity contribution in [2.45, 2.75) is 52.4 Å². The molecule has 0 unspecified atom stereocenters. The van der Waals surface area contributed by atoms with Crippen LogP contribution in [0.25, 0.3) is 0 Å². The Bertz CT molecular complexity index is 853. The van der Waals surface area contributed by atoms with E-state index in [-0.39, 0.29) is 44.1 Å². The van der Waals surface area contributed by atoms with E-state index in [9.17, 15) is 28.9 Å². The second kappa shape index (κ2) is 12.1. The van der Waals surface area contributed by atoms with Crippen LogP contribution in [0.5, 0.6) is 5.75 Å². The van der Waals surface area contributed by atoms with Crippen LogP contribution in [0.2, 0.25) is 0 Å². The number of carbonyl (C=O) groups excluding carboxylic acids is 3. The first-order chi connectivity index (χ1) is 15.2. The fourth-order valence-corrected chi connectivity index (χ4v) is 3.83. The van der Waals surface area contributed by atoms with Gasteiger partial charge in [-0.2, -0.15) is 0 Å². The Morgan fingerprint density at radius 2 is 1.88 bits per heavy atom. The highest BCUT2D eigenvalue weighted by Crippen LogP contribution is 2.34. The first-order valence-corrected chi connectivity index (χ1v) is 10.7. The third-order valence-electron chi connectivity index (χ3n) is 5.40. The lowest BCUT2D eigenvalue weighted by molar-refractivity contribution is -0.386. The van der Waals surface area contributed by atoms with Gasteiger partial charge in [-0.15, -0.1) is 0 Å². The largest absolute Gasteiger partial charge is 0.485 e. The summed E-state index contributed by atoms with van der Waals surface area (Å²) in [7, 11) is 0. The maximum Gasteiger partial charge on any atom is 0.324 e. The molecule has 0 aromatic heterocycles. The second-order valence-electron chi connectivity index (χ2n) is 7.87. The van der Waals surface area contributed by atoms with Crippen LogP contribution in [0.1, 0.15) is 62.7 Å². The summed E-state index contributed by atoms with van der Waals surface area (Å²) in [5.74, 6) is -2.28. The Labute approximate surface area is 186 Å². The van der Waals surface area contributed by atoms with Crippen LogP contribution < -0.4 is 4.74 Å². The number of benzene rings is 1. The predicted octanol–water partition coefficient (Wildman–Crippen LogP) is 3.68. The van der Waals surface area contributed by atoms with E-state index in [1.54, 1.807) is 4.90 Å². The van der Waals surface area contributed by atoms with Crippen molar-refractivity contribution in [2.75, 3.05) is 26.3 Å². The Hall–Kier alpha value is -3.04. The first kappa shape index (κ1) is 25.2. The third-order valence-corrected chi connectivity index (χ3v) is 5.40. The van der Waals surface area contributed by atoms with Gasteiger partial charge in [0, 0.05) is 19.9 Å². The molecule has 176 valence electrons. The number of nitro benzene ring substituents is 1. The fraction of sp³-hybridized carbons (Fsp3) is 0.591. The lowest BCUT2D eigenvalue weighted by Gasteiger charge is -2.25. The summed E-state index contributed by atoms with van der Waals surface area (Å²) in [4.78, 5) is 47.5. The van der Waals surface area contributed by atoms with E-state index in [1.807, 2.05) is 0 Å². The average Bonchev–Trinajstić information content (AvgIpc) is 3.23. The van der Waals surface area contributed by atoms with Crippen LogP contribution in [0.3, 0.4) is 0 Å². The lowest BCUT2D eigenvalue weighted by Crippen LogP contribution is -2.37. The summed E-state index contributed by atoms with van der Waals surface area (Å²) in [6.45, 7) is 3.31. The highest BCUT2D eigenvalue weighted by molar-refractivity contribution is 5.99. The van der Waals surface area contributed by atoms with Crippen LogP contribution >= 0.6 is 0 Å². The van der Waals surface area contributed by atoms with Gasteiger partial charge in [0.1, 0.15) is 6.61 Å². The highest BCUT2D eigenvalue weighted by Gasteiger charge is 2.28. The Morgan fingerprint density at radius 1 is 1.19 bits per heavy atom. The maximum absolute atomic E-state index is 14.1. The average molecular weight is 452 g/mol. The van der Waals surface area contributed by atoms with E-state index in [4.69, 9.17) is 9.47 Å². The van der Waals surface area contributed by atoms with E-state index in [0.717, 1.165) is 44.7 Å². The number of ketones is 1. The van der Waals surface area contributed by atoms with Gasteiger partial charge in [0.05, 0.1) is 23.6 Å². The van der Waals surface area contributed by atoms with E-state index in [2.05, 4.69) is 0 Å². The van der Waals surface area contributed by atoms with Gasteiger partial charge in [-0.3, -0.25) is 24.5 Å². The molecule has 9 nitrogen and oxygen atoms in total. The zero-order chi connectivity index (χ0) is 23.7. The van der Waals surface area contributed by atoms with Crippen molar-refractivity contribution in [1.82, 2.24) is 4.90 Å². The van der Waals surface area contributed by atoms with Crippen molar-refractivity contribution in [3.05, 3.63) is 33.6 Å². The molecular weight excluding hydrogens is 423 g/mol. The summed E-state index contributed by atoms with van der Waals surface area (Å²) in [5, 5.41) is 11.4. The maximum atomic E-state index is 14.1. The number of ether oxygens (including phenoxy) is 2. The molecule has 0 saturated heterocycles. The van der Waals surface area contributed by atoms with Crippen LogP contribution in [-0.2, 0) is 14.3 Å². The SMILES string of the molecule is CC(=O)OCCN(CC1CCCC1)C(=O)CCCOc1c(F)ccc(C(C)=O)c1[N+](=O)[O-]. The monoisotopic (exact) mass is 452 g/mol. The first-order valence-electron chi connectivity index (χ1n) is 10.7. The minimum Gasteiger partial charge on any atom is -0.485 e. The minimum absolute atomic E-state index is 0.0919. The molecule has 1 aromatic carbocycles. The van der Waals surface area contributed by atoms with Crippen molar-refractivity contribution >= 4 is 23.3 Å². The van der Waals surface area contributed by atoms with Crippen molar-refractivity contribution < 1.29 is 33.2 Å². The van der Waals surface area contributed by atoms with Crippen molar-refractivity contribution in [3.63, 3.8) is 0 Å². The summed E-state index contributed by atoms with van der Waals surface area (Å²) >= 11 is 0. The number of nitrogens with zero attached hydrogens (tertiary/aromatic N) is 2. The Kier molecular flexibility index (Phi) is 9.55. The summed E-state index contributed by atoms with van der Waals surface area (Å²) < 4.78 is 24.4. The van der Waals surface area contributed by atoms with Gasteiger partial charge in [0.2, 0.25) is 11.7 Å². The minimum atomic E-state index is -0.947. The van der Waals surface area contributed by atoms with Gasteiger partial charge >= 0.3 is 11.7 Å². The lowest BCUT2D eigenvalue weighted by atomic mass is 10.1. The zero-order valence-electron chi connectivity index (χ0n) is 18.4. The molecule has 1 saturated carbocycles. The number of Topliss-reactive ketones (excluding diaryl/α,β-unsaturated/α-hetero) is 1. The number of hydrogen-bond acceptors (Lipinski definition) is 7. The molecule has 1 amide bonds. The standard InChI is InChI=1S/C22H29FN2O7/c1-15(26)18-9-10-19(23)22(21(18)25(29)30)32-12-5-8-20(28)24(11-13-31-16(2)27)14-17-6-3-4-7-17/h9-10,17H,3-8,11-14H2,1-2H3. The van der Waals surface area contributed by atoms with Crippen molar-refractivity contribution in [3.8, 4) is 5.75 Å². The van der Waals surface area contributed by atoms with Gasteiger partial charge in [-0.05, 0) is 44.2 Å². The molecule has 1 aliphatic rings. The second-order valence-corrected chi connectivity index (χ2v) is 7.87. The van der Waals surface area contributed by atoms with E-state index in [0.29, 0.717) is 12.5 Å². The smallest absolute Gasteiger partial charge is 0.324 e. The number of esters is 1. The number of halogens is 1. The van der Waals surface area contributed by atoms with Gasteiger partial charge in [0.15, 0.2) is 11.6 Å². The molecule has 0 heterocycles. The Morgan fingerprint density at radius 3 is 2.47 bits per heavy atom. The molecule has 1 aromatic rings. The molecule has 0 aliphatic heterocycles. The van der Waals surface area contributed by atoms with Crippen LogP contribution in [-0.4, -0.2) is 53.8 Å². The molecule has 1 aliphatic carbocycles. The van der Waals surface area contributed by atoms with E-state index >= 15 is 0 Å². The van der Waals surface area contributed by atoms with Gasteiger partial charge < -0.3 is 14.4 Å². The molecule has 0 atom stereocenters. The molecule has 2 rings (SSSR count). The van der Waals surface area contributed by atoms with Crippen molar-refractivity contribution in [1.29, 1.82) is 0 Å². The predicted molar refractivity (Wildman–Crippen MR) is 113 cm³/mol. The Balaban J connectivity index is 1.96. The summed E-state index contributed by atoms with van der Waals surface area (Å²) in [5.41, 5.74) is -0.955. The third kappa shape index (κ3) is 7.28. The topological polar surface area (TPSA) is 116 Å². The molecule has 0 radical (unpaired) electrons. The van der Waals surface area contributed by atoms with Gasteiger partial charge in [0.25, 0.3) is 0 Å². The number of rotatable bonds is 12. The molecule has 32 heavy (non-hydrogen) atoms. The molecular formula is C22H29FN2O7. The quantitative estimate of drug-likeness (QED) is 0.156. The number of amides is 1. The van der Waals surface area contributed by atoms with Crippen LogP contribution in [0.4, 0.5) is 10.1 Å². The fourth-order valence-electron chi connectivity index (χ4n) is 3.83. The molecule has 0 spiro atoms. The van der Waals surface area contributed by atoms with E-state index < -0.39 is 33.9 Å². The normalized spacial score (nSPS) is 13.6. The molecule has 0 bridgehead atoms. The number of hydrogen-bond donors (Lipinski definition) is 0. The number of carbonyl (C=O) groups is 3. The van der Waals surface area contributed by atoms with E-state index in [1.165, 1.54) is 6.92 Å². The summed E-state index contributed by atoms with van der Waals surface area (Å²) in [6, 6.07) is 2.00. The van der Waals surface area contributed by atoms with Gasteiger partial charge in [-0.1, -0.05) is 12.8 Å².